The molecule has 2 aromatic carbocycles. The lowest BCUT2D eigenvalue weighted by molar-refractivity contribution is -0.118. The van der Waals surface area contributed by atoms with E-state index in [0.717, 1.165) is 32.1 Å². The molecule has 9 heteroatoms. The predicted molar refractivity (Wildman–Crippen MR) is 109 cm³/mol. The van der Waals surface area contributed by atoms with Crippen molar-refractivity contribution >= 4 is 33.2 Å². The maximum absolute atomic E-state index is 13.1. The van der Waals surface area contributed by atoms with E-state index < -0.39 is 21.7 Å². The van der Waals surface area contributed by atoms with Crippen LogP contribution in [0.15, 0.2) is 47.4 Å². The van der Waals surface area contributed by atoms with Crippen molar-refractivity contribution in [2.24, 2.45) is 0 Å². The van der Waals surface area contributed by atoms with Crippen LogP contribution in [-0.2, 0) is 14.8 Å². The second-order valence-electron chi connectivity index (χ2n) is 6.90. The maximum atomic E-state index is 13.1. The minimum atomic E-state index is -3.68. The van der Waals surface area contributed by atoms with E-state index in [1.54, 1.807) is 6.07 Å². The number of ether oxygens (including phenoxy) is 1. The maximum Gasteiger partial charge on any atom is 0.262 e. The molecule has 0 aliphatic heterocycles. The molecule has 0 radical (unpaired) electrons. The normalized spacial score (nSPS) is 15.1. The van der Waals surface area contributed by atoms with E-state index in [0.29, 0.717) is 5.69 Å². The summed E-state index contributed by atoms with van der Waals surface area (Å²) in [5.41, 5.74) is 0.305. The van der Waals surface area contributed by atoms with Crippen LogP contribution in [0.5, 0.6) is 5.75 Å². The molecule has 1 saturated carbocycles. The molecule has 1 amide bonds. The Kier molecular flexibility index (Phi) is 7.10. The summed E-state index contributed by atoms with van der Waals surface area (Å²) < 4.78 is 46.3. The molecule has 1 fully saturated rings. The summed E-state index contributed by atoms with van der Waals surface area (Å²) in [6.45, 7) is -0.358. The largest absolute Gasteiger partial charge is 0.482 e. The van der Waals surface area contributed by atoms with Gasteiger partial charge in [-0.05, 0) is 49.2 Å². The van der Waals surface area contributed by atoms with Gasteiger partial charge in [-0.1, -0.05) is 36.9 Å². The van der Waals surface area contributed by atoms with Gasteiger partial charge < -0.3 is 10.1 Å². The van der Waals surface area contributed by atoms with Gasteiger partial charge in [-0.2, -0.15) is 0 Å². The molecule has 2 N–H and O–H groups in total. The van der Waals surface area contributed by atoms with Gasteiger partial charge in [0.25, 0.3) is 5.91 Å². The third kappa shape index (κ3) is 6.16. The van der Waals surface area contributed by atoms with Crippen LogP contribution in [0.3, 0.4) is 0 Å². The van der Waals surface area contributed by atoms with E-state index in [2.05, 4.69) is 10.0 Å². The zero-order valence-corrected chi connectivity index (χ0v) is 17.2. The molecule has 0 heterocycles. The number of hydrogen-bond acceptors (Lipinski definition) is 4. The molecule has 0 spiro atoms. The molecule has 0 bridgehead atoms. The number of benzene rings is 2. The SMILES string of the molecule is O=C(COc1ccc(S(=O)(=O)NC2CCCCC2)cc1Cl)Nc1cccc(F)c1. The fourth-order valence-electron chi connectivity index (χ4n) is 3.18. The van der Waals surface area contributed by atoms with Gasteiger partial charge in [0.2, 0.25) is 10.0 Å². The highest BCUT2D eigenvalue weighted by Gasteiger charge is 2.22. The Balaban J connectivity index is 1.59. The van der Waals surface area contributed by atoms with E-state index in [4.69, 9.17) is 16.3 Å². The first-order valence-corrected chi connectivity index (χ1v) is 11.2. The number of carbonyl (C=O) groups excluding carboxylic acids is 1. The van der Waals surface area contributed by atoms with Gasteiger partial charge in [-0.15, -0.1) is 0 Å². The first-order valence-electron chi connectivity index (χ1n) is 9.33. The quantitative estimate of drug-likeness (QED) is 0.678. The number of nitrogens with one attached hydrogen (secondary N) is 2. The molecule has 6 nitrogen and oxygen atoms in total. The Labute approximate surface area is 174 Å². The lowest BCUT2D eigenvalue weighted by atomic mass is 9.96. The van der Waals surface area contributed by atoms with Crippen molar-refractivity contribution < 1.29 is 22.3 Å². The van der Waals surface area contributed by atoms with Crippen molar-refractivity contribution in [1.82, 2.24) is 4.72 Å². The average Bonchev–Trinajstić information content (AvgIpc) is 2.67. The zero-order valence-electron chi connectivity index (χ0n) is 15.7. The third-order valence-corrected chi connectivity index (χ3v) is 6.42. The standard InChI is InChI=1S/C20H22ClFN2O4S/c21-18-12-17(29(26,27)24-15-6-2-1-3-7-15)9-10-19(18)28-13-20(25)23-16-8-4-5-14(22)11-16/h4-5,8-12,15,24H,1-3,6-7,13H2,(H,23,25). The number of carbonyl (C=O) groups is 1. The number of sulfonamides is 1. The number of halogens is 2. The molecular weight excluding hydrogens is 419 g/mol. The number of anilines is 1. The number of hydrogen-bond donors (Lipinski definition) is 2. The third-order valence-electron chi connectivity index (χ3n) is 4.61. The molecular formula is C20H22ClFN2O4S. The smallest absolute Gasteiger partial charge is 0.262 e. The number of amides is 1. The van der Waals surface area contributed by atoms with Crippen LogP contribution < -0.4 is 14.8 Å². The predicted octanol–water partition coefficient (Wildman–Crippen LogP) is 4.11. The summed E-state index contributed by atoms with van der Waals surface area (Å²) in [5, 5.41) is 2.58. The van der Waals surface area contributed by atoms with Crippen LogP contribution >= 0.6 is 11.6 Å². The summed E-state index contributed by atoms with van der Waals surface area (Å²) in [7, 11) is -3.68. The van der Waals surface area contributed by atoms with Crippen LogP contribution in [-0.4, -0.2) is 27.0 Å². The van der Waals surface area contributed by atoms with Crippen molar-refractivity contribution in [2.45, 2.75) is 43.0 Å². The number of rotatable bonds is 7. The monoisotopic (exact) mass is 440 g/mol. The van der Waals surface area contributed by atoms with E-state index in [1.807, 2.05) is 0 Å². The highest BCUT2D eigenvalue weighted by atomic mass is 35.5. The van der Waals surface area contributed by atoms with Gasteiger partial charge >= 0.3 is 0 Å². The highest BCUT2D eigenvalue weighted by molar-refractivity contribution is 7.89. The van der Waals surface area contributed by atoms with Crippen LogP contribution in [0, 0.1) is 5.82 Å². The summed E-state index contributed by atoms with van der Waals surface area (Å²) >= 11 is 6.14. The molecule has 1 aliphatic rings. The Morgan fingerprint density at radius 1 is 1.14 bits per heavy atom. The van der Waals surface area contributed by atoms with Crippen LogP contribution in [0.1, 0.15) is 32.1 Å². The molecule has 0 unspecified atom stereocenters. The topological polar surface area (TPSA) is 84.5 Å². The van der Waals surface area contributed by atoms with Gasteiger partial charge in [0.1, 0.15) is 11.6 Å². The second kappa shape index (κ2) is 9.56. The lowest BCUT2D eigenvalue weighted by Crippen LogP contribution is -2.36. The van der Waals surface area contributed by atoms with E-state index >= 15 is 0 Å². The highest BCUT2D eigenvalue weighted by Crippen LogP contribution is 2.28. The lowest BCUT2D eigenvalue weighted by Gasteiger charge is -2.22. The van der Waals surface area contributed by atoms with Crippen molar-refractivity contribution in [1.29, 1.82) is 0 Å². The fourth-order valence-corrected chi connectivity index (χ4v) is 4.81. The van der Waals surface area contributed by atoms with Gasteiger partial charge in [-0.25, -0.2) is 17.5 Å². The van der Waals surface area contributed by atoms with Crippen molar-refractivity contribution in [3.05, 3.63) is 53.3 Å². The molecule has 0 atom stereocenters. The molecule has 2 aromatic rings. The Hall–Kier alpha value is -2.16. The summed E-state index contributed by atoms with van der Waals surface area (Å²) in [6, 6.07) is 9.51. The first-order chi connectivity index (χ1) is 13.8. The van der Waals surface area contributed by atoms with Crippen molar-refractivity contribution in [3.63, 3.8) is 0 Å². The Morgan fingerprint density at radius 2 is 1.90 bits per heavy atom. The Bertz CT molecular complexity index is 978. The molecule has 156 valence electrons. The minimum Gasteiger partial charge on any atom is -0.482 e. The fraction of sp³-hybridized carbons (Fsp3) is 0.350. The average molecular weight is 441 g/mol. The summed E-state index contributed by atoms with van der Waals surface area (Å²) in [5.74, 6) is -0.787. The van der Waals surface area contributed by atoms with Crippen molar-refractivity contribution in [3.8, 4) is 5.75 Å². The summed E-state index contributed by atoms with van der Waals surface area (Å²) in [4.78, 5) is 12.0. The summed E-state index contributed by atoms with van der Waals surface area (Å²) in [6.07, 6.45) is 4.81. The molecule has 29 heavy (non-hydrogen) atoms. The van der Waals surface area contributed by atoms with Gasteiger partial charge in [-0.3, -0.25) is 4.79 Å². The Morgan fingerprint density at radius 3 is 2.59 bits per heavy atom. The molecule has 0 aromatic heterocycles. The van der Waals surface area contributed by atoms with Crippen LogP contribution in [0.4, 0.5) is 10.1 Å². The molecule has 3 rings (SSSR count). The molecule has 1 aliphatic carbocycles. The minimum absolute atomic E-state index is 0.0460. The first kappa shape index (κ1) is 21.5. The van der Waals surface area contributed by atoms with E-state index in [-0.39, 0.29) is 28.3 Å². The van der Waals surface area contributed by atoms with Crippen LogP contribution in [0.2, 0.25) is 5.02 Å². The van der Waals surface area contributed by atoms with Crippen LogP contribution in [0.25, 0.3) is 0 Å². The van der Waals surface area contributed by atoms with E-state index in [9.17, 15) is 17.6 Å². The zero-order chi connectivity index (χ0) is 20.9. The van der Waals surface area contributed by atoms with Gasteiger partial charge in [0.05, 0.1) is 9.92 Å². The van der Waals surface area contributed by atoms with Gasteiger partial charge in [0, 0.05) is 11.7 Å². The van der Waals surface area contributed by atoms with Crippen molar-refractivity contribution in [2.75, 3.05) is 11.9 Å². The van der Waals surface area contributed by atoms with E-state index in [1.165, 1.54) is 36.4 Å². The molecule has 0 saturated heterocycles. The second-order valence-corrected chi connectivity index (χ2v) is 9.02. The van der Waals surface area contributed by atoms with Gasteiger partial charge in [0.15, 0.2) is 6.61 Å².